The van der Waals surface area contributed by atoms with Gasteiger partial charge in [-0.1, -0.05) is 6.92 Å². The Hall–Kier alpha value is -0.0100. The lowest BCUT2D eigenvalue weighted by Gasteiger charge is -2.38. The summed E-state index contributed by atoms with van der Waals surface area (Å²) in [5.74, 6) is -0.857. The van der Waals surface area contributed by atoms with Gasteiger partial charge in [-0.15, -0.1) is 0 Å². The summed E-state index contributed by atoms with van der Waals surface area (Å²) in [6.45, 7) is 1.34. The molecule has 0 amide bonds. The molecule has 0 aromatic carbocycles. The van der Waals surface area contributed by atoms with Crippen LogP contribution in [0, 0.1) is 11.8 Å². The Balaban J connectivity index is 2.57. The molecule has 0 aromatic rings. The van der Waals surface area contributed by atoms with Crippen LogP contribution in [0.1, 0.15) is 13.3 Å². The second-order valence-corrected chi connectivity index (χ2v) is 5.47. The van der Waals surface area contributed by atoms with Crippen molar-refractivity contribution in [2.24, 2.45) is 11.8 Å². The summed E-state index contributed by atoms with van der Waals surface area (Å²) < 4.78 is 14.8. The minimum atomic E-state index is -4.57. The Morgan fingerprint density at radius 1 is 1.19 bits per heavy atom. The van der Waals surface area contributed by atoms with E-state index in [0.717, 1.165) is 0 Å². The van der Waals surface area contributed by atoms with Gasteiger partial charge in [-0.05, 0) is 12.3 Å². The van der Waals surface area contributed by atoms with Crippen LogP contribution in [0.4, 0.5) is 0 Å². The van der Waals surface area contributed by atoms with E-state index < -0.39 is 32.1 Å². The standard InChI is InChI=1S/C8H17O7P/c1-4-2-5(3-15-16(12,13)14)7(10)8(11)6(4)9/h4-11H,2-3H2,1H3,(H2,12,13,14)/t4-,5?,6-,7-,8?/m1/s1. The van der Waals surface area contributed by atoms with Gasteiger partial charge in [-0.25, -0.2) is 4.57 Å². The second kappa shape index (κ2) is 5.10. The van der Waals surface area contributed by atoms with Crippen molar-refractivity contribution in [1.29, 1.82) is 0 Å². The van der Waals surface area contributed by atoms with E-state index in [4.69, 9.17) is 9.79 Å². The maximum atomic E-state index is 10.5. The molecule has 16 heavy (non-hydrogen) atoms. The van der Waals surface area contributed by atoms with Crippen molar-refractivity contribution in [3.8, 4) is 0 Å². The number of hydrogen-bond acceptors (Lipinski definition) is 5. The highest BCUT2D eigenvalue weighted by Gasteiger charge is 2.41. The van der Waals surface area contributed by atoms with Crippen LogP contribution in [-0.4, -0.2) is 50.0 Å². The summed E-state index contributed by atoms with van der Waals surface area (Å²) in [6.07, 6.45) is -3.24. The van der Waals surface area contributed by atoms with E-state index in [-0.39, 0.29) is 12.5 Å². The fraction of sp³-hybridized carbons (Fsp3) is 1.00. The number of phosphoric acid groups is 1. The third-order valence-corrected chi connectivity index (χ3v) is 3.38. The van der Waals surface area contributed by atoms with Crippen LogP contribution in [0.25, 0.3) is 0 Å². The smallest absolute Gasteiger partial charge is 0.390 e. The molecular weight excluding hydrogens is 239 g/mol. The number of aliphatic hydroxyl groups excluding tert-OH is 3. The van der Waals surface area contributed by atoms with Crippen molar-refractivity contribution < 1.29 is 34.2 Å². The van der Waals surface area contributed by atoms with Crippen molar-refractivity contribution in [2.45, 2.75) is 31.7 Å². The molecule has 0 spiro atoms. The molecule has 1 aliphatic rings. The van der Waals surface area contributed by atoms with E-state index in [1.54, 1.807) is 6.92 Å². The molecule has 7 nitrogen and oxygen atoms in total. The van der Waals surface area contributed by atoms with Crippen molar-refractivity contribution in [2.75, 3.05) is 6.61 Å². The van der Waals surface area contributed by atoms with Crippen LogP contribution in [0.5, 0.6) is 0 Å². The lowest BCUT2D eigenvalue weighted by molar-refractivity contribution is -0.137. The molecule has 5 atom stereocenters. The lowest BCUT2D eigenvalue weighted by Crippen LogP contribution is -2.51. The van der Waals surface area contributed by atoms with Crippen LogP contribution >= 0.6 is 7.82 Å². The van der Waals surface area contributed by atoms with Crippen LogP contribution in [0.2, 0.25) is 0 Å². The van der Waals surface area contributed by atoms with E-state index in [0.29, 0.717) is 6.42 Å². The Morgan fingerprint density at radius 2 is 1.75 bits per heavy atom. The first kappa shape index (κ1) is 14.1. The topological polar surface area (TPSA) is 127 Å². The maximum Gasteiger partial charge on any atom is 0.469 e. The molecule has 0 aliphatic heterocycles. The van der Waals surface area contributed by atoms with Gasteiger partial charge < -0.3 is 25.1 Å². The Bertz CT molecular complexity index is 278. The van der Waals surface area contributed by atoms with E-state index in [1.807, 2.05) is 0 Å². The number of aliphatic hydroxyl groups is 3. The minimum absolute atomic E-state index is 0.260. The largest absolute Gasteiger partial charge is 0.469 e. The Morgan fingerprint density at radius 3 is 2.25 bits per heavy atom. The average Bonchev–Trinajstić information content (AvgIpc) is 2.17. The molecule has 0 saturated heterocycles. The van der Waals surface area contributed by atoms with Crippen LogP contribution < -0.4 is 0 Å². The summed E-state index contributed by atoms with van der Waals surface area (Å²) in [7, 11) is -4.57. The van der Waals surface area contributed by atoms with Gasteiger partial charge in [0.05, 0.1) is 18.8 Å². The van der Waals surface area contributed by atoms with E-state index in [1.165, 1.54) is 0 Å². The lowest BCUT2D eigenvalue weighted by atomic mass is 9.77. The molecule has 5 N–H and O–H groups in total. The van der Waals surface area contributed by atoms with Gasteiger partial charge >= 0.3 is 7.82 Å². The number of rotatable bonds is 3. The van der Waals surface area contributed by atoms with Gasteiger partial charge in [-0.2, -0.15) is 0 Å². The van der Waals surface area contributed by atoms with Gasteiger partial charge in [0.25, 0.3) is 0 Å². The molecule has 96 valence electrons. The van der Waals surface area contributed by atoms with Crippen molar-refractivity contribution >= 4 is 7.82 Å². The first-order chi connectivity index (χ1) is 7.22. The molecule has 0 radical (unpaired) electrons. The molecular formula is C8H17O7P. The molecule has 0 heterocycles. The summed E-state index contributed by atoms with van der Waals surface area (Å²) in [5, 5.41) is 28.5. The quantitative estimate of drug-likeness (QED) is 0.403. The molecule has 1 fully saturated rings. The summed E-state index contributed by atoms with van der Waals surface area (Å²) in [4.78, 5) is 17.0. The summed E-state index contributed by atoms with van der Waals surface area (Å²) >= 11 is 0. The van der Waals surface area contributed by atoms with Gasteiger partial charge in [0.2, 0.25) is 0 Å². The van der Waals surface area contributed by atoms with Crippen LogP contribution in [0.3, 0.4) is 0 Å². The molecule has 0 bridgehead atoms. The predicted octanol–water partition coefficient (Wildman–Crippen LogP) is -1.17. The first-order valence-corrected chi connectivity index (χ1v) is 6.49. The Labute approximate surface area is 92.9 Å². The van der Waals surface area contributed by atoms with Gasteiger partial charge in [0, 0.05) is 5.92 Å². The van der Waals surface area contributed by atoms with E-state index in [9.17, 15) is 19.9 Å². The minimum Gasteiger partial charge on any atom is -0.390 e. The first-order valence-electron chi connectivity index (χ1n) is 4.96. The summed E-state index contributed by atoms with van der Waals surface area (Å²) in [5.41, 5.74) is 0. The SMILES string of the molecule is C[C@@H]1CC(COP(=O)(O)O)[C@@H](O)C(O)[C@@H]1O. The van der Waals surface area contributed by atoms with Crippen molar-refractivity contribution in [1.82, 2.24) is 0 Å². The fourth-order valence-corrected chi connectivity index (χ4v) is 2.32. The van der Waals surface area contributed by atoms with E-state index >= 15 is 0 Å². The predicted molar refractivity (Wildman–Crippen MR) is 53.3 cm³/mol. The normalized spacial score (nSPS) is 41.0. The van der Waals surface area contributed by atoms with Gasteiger partial charge in [0.15, 0.2) is 0 Å². The molecule has 0 aromatic heterocycles. The highest BCUT2D eigenvalue weighted by atomic mass is 31.2. The number of hydrogen-bond donors (Lipinski definition) is 5. The van der Waals surface area contributed by atoms with Crippen LogP contribution in [-0.2, 0) is 9.09 Å². The highest BCUT2D eigenvalue weighted by molar-refractivity contribution is 7.46. The zero-order valence-electron chi connectivity index (χ0n) is 8.80. The van der Waals surface area contributed by atoms with E-state index in [2.05, 4.69) is 4.52 Å². The molecule has 1 aliphatic carbocycles. The fourth-order valence-electron chi connectivity index (χ4n) is 1.93. The summed E-state index contributed by atoms with van der Waals surface area (Å²) in [6, 6.07) is 0. The van der Waals surface area contributed by atoms with Crippen molar-refractivity contribution in [3.05, 3.63) is 0 Å². The second-order valence-electron chi connectivity index (χ2n) is 4.23. The third-order valence-electron chi connectivity index (χ3n) is 2.90. The molecule has 1 saturated carbocycles. The monoisotopic (exact) mass is 256 g/mol. The van der Waals surface area contributed by atoms with Gasteiger partial charge in [0.1, 0.15) is 6.10 Å². The Kier molecular flexibility index (Phi) is 4.48. The molecule has 2 unspecified atom stereocenters. The molecule has 8 heteroatoms. The zero-order valence-corrected chi connectivity index (χ0v) is 9.70. The highest BCUT2D eigenvalue weighted by Crippen LogP contribution is 2.39. The van der Waals surface area contributed by atoms with Gasteiger partial charge in [-0.3, -0.25) is 4.52 Å². The zero-order chi connectivity index (χ0) is 12.5. The number of phosphoric ester groups is 1. The maximum absolute atomic E-state index is 10.5. The third kappa shape index (κ3) is 3.49. The van der Waals surface area contributed by atoms with Crippen LogP contribution in [0.15, 0.2) is 0 Å². The average molecular weight is 256 g/mol. The van der Waals surface area contributed by atoms with Crippen molar-refractivity contribution in [3.63, 3.8) is 0 Å². The molecule has 1 rings (SSSR count).